The molecular formula is C11H11BrN2O. The lowest BCUT2D eigenvalue weighted by Crippen LogP contribution is -2.25. The summed E-state index contributed by atoms with van der Waals surface area (Å²) in [5.74, 6) is 2.34. The number of terminal acetylenes is 1. The molecule has 0 atom stereocenters. The Kier molecular flexibility index (Phi) is 4.85. The average molecular weight is 267 g/mol. The van der Waals surface area contributed by atoms with Crippen LogP contribution in [0.15, 0.2) is 22.8 Å². The number of pyridine rings is 1. The van der Waals surface area contributed by atoms with Crippen molar-refractivity contribution in [1.29, 1.82) is 0 Å². The van der Waals surface area contributed by atoms with Crippen molar-refractivity contribution in [2.24, 2.45) is 0 Å². The first-order valence-corrected chi connectivity index (χ1v) is 5.37. The summed E-state index contributed by atoms with van der Waals surface area (Å²) in [5.41, 5.74) is 0.401. The van der Waals surface area contributed by atoms with Crippen LogP contribution in [0.2, 0.25) is 0 Å². The van der Waals surface area contributed by atoms with Crippen molar-refractivity contribution in [2.45, 2.75) is 12.8 Å². The van der Waals surface area contributed by atoms with Gasteiger partial charge in [0.25, 0.3) is 5.91 Å². The number of rotatable bonds is 4. The predicted octanol–water partition coefficient (Wildman–Crippen LogP) is 1.99. The Balaban J connectivity index is 2.48. The second kappa shape index (κ2) is 6.20. The minimum absolute atomic E-state index is 0.181. The molecule has 0 fully saturated rings. The number of unbranched alkanes of at least 4 members (excludes halogenated alkanes) is 1. The monoisotopic (exact) mass is 266 g/mol. The van der Waals surface area contributed by atoms with Gasteiger partial charge in [0.15, 0.2) is 0 Å². The van der Waals surface area contributed by atoms with Crippen LogP contribution >= 0.6 is 15.9 Å². The van der Waals surface area contributed by atoms with Crippen molar-refractivity contribution in [1.82, 2.24) is 10.3 Å². The molecule has 1 rings (SSSR count). The molecule has 1 N–H and O–H groups in total. The third-order valence-electron chi connectivity index (χ3n) is 1.76. The van der Waals surface area contributed by atoms with E-state index >= 15 is 0 Å². The van der Waals surface area contributed by atoms with Gasteiger partial charge in [-0.1, -0.05) is 0 Å². The van der Waals surface area contributed by atoms with Crippen LogP contribution in [0.4, 0.5) is 0 Å². The zero-order valence-electron chi connectivity index (χ0n) is 8.16. The van der Waals surface area contributed by atoms with Gasteiger partial charge in [-0.05, 0) is 34.5 Å². The molecule has 0 aliphatic heterocycles. The van der Waals surface area contributed by atoms with Gasteiger partial charge in [-0.3, -0.25) is 4.79 Å². The van der Waals surface area contributed by atoms with Crippen molar-refractivity contribution >= 4 is 21.8 Å². The molecule has 0 unspecified atom stereocenters. The highest BCUT2D eigenvalue weighted by Crippen LogP contribution is 2.12. The SMILES string of the molecule is C#CCCCNC(=O)c1ncccc1Br. The number of carbonyl (C=O) groups excluding carboxylic acids is 1. The highest BCUT2D eigenvalue weighted by Gasteiger charge is 2.09. The summed E-state index contributed by atoms with van der Waals surface area (Å²) in [6.45, 7) is 0.575. The van der Waals surface area contributed by atoms with Gasteiger partial charge in [-0.15, -0.1) is 12.3 Å². The Labute approximate surface area is 97.4 Å². The Morgan fingerprint density at radius 2 is 2.47 bits per heavy atom. The standard InChI is InChI=1S/C11H11BrN2O/c1-2-3-4-7-14-11(15)10-9(12)6-5-8-13-10/h1,5-6,8H,3-4,7H2,(H,14,15). The topological polar surface area (TPSA) is 42.0 Å². The molecule has 3 nitrogen and oxygen atoms in total. The van der Waals surface area contributed by atoms with Crippen LogP contribution in [-0.4, -0.2) is 17.4 Å². The number of carbonyl (C=O) groups is 1. The van der Waals surface area contributed by atoms with Gasteiger partial charge in [0.2, 0.25) is 0 Å². The molecule has 0 spiro atoms. The molecule has 0 bridgehead atoms. The molecule has 0 aliphatic carbocycles. The molecular weight excluding hydrogens is 256 g/mol. The molecule has 0 aromatic carbocycles. The fourth-order valence-corrected chi connectivity index (χ4v) is 1.46. The molecule has 15 heavy (non-hydrogen) atoms. The first kappa shape index (κ1) is 11.7. The number of nitrogens with zero attached hydrogens (tertiary/aromatic N) is 1. The third-order valence-corrected chi connectivity index (χ3v) is 2.40. The number of hydrogen-bond acceptors (Lipinski definition) is 2. The lowest BCUT2D eigenvalue weighted by molar-refractivity contribution is 0.0947. The van der Waals surface area contributed by atoms with Crippen molar-refractivity contribution in [2.75, 3.05) is 6.54 Å². The summed E-state index contributed by atoms with van der Waals surface area (Å²) in [5, 5.41) is 2.75. The number of aromatic nitrogens is 1. The zero-order valence-corrected chi connectivity index (χ0v) is 9.75. The van der Waals surface area contributed by atoms with E-state index in [9.17, 15) is 4.79 Å². The first-order valence-electron chi connectivity index (χ1n) is 4.58. The summed E-state index contributed by atoms with van der Waals surface area (Å²) in [6, 6.07) is 3.54. The van der Waals surface area contributed by atoms with E-state index < -0.39 is 0 Å². The summed E-state index contributed by atoms with van der Waals surface area (Å²) < 4.78 is 0.694. The molecule has 1 aromatic rings. The quantitative estimate of drug-likeness (QED) is 0.669. The maximum Gasteiger partial charge on any atom is 0.271 e. The molecule has 78 valence electrons. The largest absolute Gasteiger partial charge is 0.351 e. The van der Waals surface area contributed by atoms with E-state index in [1.807, 2.05) is 0 Å². The van der Waals surface area contributed by atoms with Gasteiger partial charge >= 0.3 is 0 Å². The fourth-order valence-electron chi connectivity index (χ4n) is 1.03. The summed E-state index contributed by atoms with van der Waals surface area (Å²) in [7, 11) is 0. The summed E-state index contributed by atoms with van der Waals surface area (Å²) in [6.07, 6.45) is 8.14. The number of halogens is 1. The molecule has 0 aliphatic rings. The van der Waals surface area contributed by atoms with Crippen LogP contribution in [0.5, 0.6) is 0 Å². The van der Waals surface area contributed by atoms with Crippen LogP contribution < -0.4 is 5.32 Å². The van der Waals surface area contributed by atoms with Crippen LogP contribution in [-0.2, 0) is 0 Å². The van der Waals surface area contributed by atoms with E-state index in [1.54, 1.807) is 18.3 Å². The molecule has 0 saturated carbocycles. The van der Waals surface area contributed by atoms with Gasteiger partial charge in [-0.25, -0.2) is 4.98 Å². The summed E-state index contributed by atoms with van der Waals surface area (Å²) >= 11 is 3.26. The van der Waals surface area contributed by atoms with Gasteiger partial charge in [0.1, 0.15) is 5.69 Å². The van der Waals surface area contributed by atoms with Gasteiger partial charge in [-0.2, -0.15) is 0 Å². The summed E-state index contributed by atoms with van der Waals surface area (Å²) in [4.78, 5) is 15.6. The van der Waals surface area contributed by atoms with Crippen molar-refractivity contribution in [3.63, 3.8) is 0 Å². The van der Waals surface area contributed by atoms with Gasteiger partial charge < -0.3 is 5.32 Å². The maximum atomic E-state index is 11.6. The number of amides is 1. The number of nitrogens with one attached hydrogen (secondary N) is 1. The van der Waals surface area contributed by atoms with Crippen molar-refractivity contribution < 1.29 is 4.79 Å². The lowest BCUT2D eigenvalue weighted by Gasteiger charge is -2.04. The minimum Gasteiger partial charge on any atom is -0.351 e. The molecule has 0 saturated heterocycles. The minimum atomic E-state index is -0.181. The van der Waals surface area contributed by atoms with E-state index in [2.05, 4.69) is 32.2 Å². The highest BCUT2D eigenvalue weighted by atomic mass is 79.9. The predicted molar refractivity (Wildman–Crippen MR) is 62.3 cm³/mol. The van der Waals surface area contributed by atoms with Crippen LogP contribution in [0, 0.1) is 12.3 Å². The first-order chi connectivity index (χ1) is 7.25. The van der Waals surface area contributed by atoms with E-state index in [-0.39, 0.29) is 5.91 Å². The lowest BCUT2D eigenvalue weighted by atomic mass is 10.3. The second-order valence-corrected chi connectivity index (χ2v) is 3.75. The Hall–Kier alpha value is -1.34. The maximum absolute atomic E-state index is 11.6. The molecule has 0 radical (unpaired) electrons. The van der Waals surface area contributed by atoms with Crippen LogP contribution in [0.3, 0.4) is 0 Å². The normalized spacial score (nSPS) is 9.33. The molecule has 4 heteroatoms. The van der Waals surface area contributed by atoms with E-state index in [4.69, 9.17) is 6.42 Å². The smallest absolute Gasteiger partial charge is 0.271 e. The van der Waals surface area contributed by atoms with Crippen molar-refractivity contribution in [3.05, 3.63) is 28.5 Å². The zero-order chi connectivity index (χ0) is 11.1. The fraction of sp³-hybridized carbons (Fsp3) is 0.273. The highest BCUT2D eigenvalue weighted by molar-refractivity contribution is 9.10. The molecule has 1 amide bonds. The Bertz CT molecular complexity index is 384. The number of hydrogen-bond donors (Lipinski definition) is 1. The van der Waals surface area contributed by atoms with E-state index in [1.165, 1.54) is 0 Å². The van der Waals surface area contributed by atoms with E-state index in [0.29, 0.717) is 23.1 Å². The van der Waals surface area contributed by atoms with Gasteiger partial charge in [0, 0.05) is 23.6 Å². The third kappa shape index (κ3) is 3.72. The second-order valence-electron chi connectivity index (χ2n) is 2.90. The van der Waals surface area contributed by atoms with Gasteiger partial charge in [0.05, 0.1) is 0 Å². The van der Waals surface area contributed by atoms with Crippen LogP contribution in [0.1, 0.15) is 23.3 Å². The molecule has 1 heterocycles. The van der Waals surface area contributed by atoms with E-state index in [0.717, 1.165) is 6.42 Å². The average Bonchev–Trinajstić information content (AvgIpc) is 2.25. The Morgan fingerprint density at radius 1 is 1.67 bits per heavy atom. The Morgan fingerprint density at radius 3 is 3.13 bits per heavy atom. The van der Waals surface area contributed by atoms with Crippen LogP contribution in [0.25, 0.3) is 0 Å². The molecule has 1 aromatic heterocycles. The van der Waals surface area contributed by atoms with Crippen molar-refractivity contribution in [3.8, 4) is 12.3 Å².